The SMILES string of the molecule is [2H]C1([2H])CC([2H])(n2c(C)nc3cccc(N(C)C)c3c2=O)C(=O)N(C)C1=O. The van der Waals surface area contributed by atoms with Crippen molar-refractivity contribution in [1.29, 1.82) is 0 Å². The lowest BCUT2D eigenvalue weighted by Gasteiger charge is -2.30. The predicted octanol–water partition coefficient (Wildman–Crippen LogP) is 1.09. The minimum atomic E-state index is -2.45. The van der Waals surface area contributed by atoms with Gasteiger partial charge < -0.3 is 4.90 Å². The number of anilines is 1. The summed E-state index contributed by atoms with van der Waals surface area (Å²) in [6.07, 6.45) is -3.22. The number of hydrogen-bond donors (Lipinski definition) is 0. The molecular weight excluding hydrogens is 308 g/mol. The van der Waals surface area contributed by atoms with Crippen LogP contribution < -0.4 is 10.5 Å². The lowest BCUT2D eigenvalue weighted by atomic mass is 10.0. The minimum absolute atomic E-state index is 0.102. The Morgan fingerprint density at radius 1 is 1.33 bits per heavy atom. The summed E-state index contributed by atoms with van der Waals surface area (Å²) in [4.78, 5) is 44.8. The van der Waals surface area contributed by atoms with E-state index < -0.39 is 36.2 Å². The van der Waals surface area contributed by atoms with E-state index in [9.17, 15) is 14.4 Å². The Balaban J connectivity index is 2.37. The number of likely N-dealkylation sites (tertiary alicyclic amines) is 1. The summed E-state index contributed by atoms with van der Waals surface area (Å²) in [6, 6.07) is 2.82. The molecule has 1 saturated heterocycles. The topological polar surface area (TPSA) is 75.5 Å². The van der Waals surface area contributed by atoms with Crippen molar-refractivity contribution in [3.05, 3.63) is 34.4 Å². The van der Waals surface area contributed by atoms with E-state index in [-0.39, 0.29) is 11.2 Å². The highest BCUT2D eigenvalue weighted by atomic mass is 16.2. The predicted molar refractivity (Wildman–Crippen MR) is 91.1 cm³/mol. The van der Waals surface area contributed by atoms with Gasteiger partial charge in [-0.1, -0.05) is 6.07 Å². The first-order valence-corrected chi connectivity index (χ1v) is 7.44. The molecule has 0 radical (unpaired) electrons. The molecule has 7 heteroatoms. The first kappa shape index (κ1) is 12.7. The Kier molecular flexibility index (Phi) is 3.03. The Labute approximate surface area is 143 Å². The van der Waals surface area contributed by atoms with Gasteiger partial charge in [-0.15, -0.1) is 0 Å². The molecule has 1 atom stereocenters. The van der Waals surface area contributed by atoms with Crippen LogP contribution >= 0.6 is 0 Å². The second-order valence-electron chi connectivity index (χ2n) is 5.83. The highest BCUT2D eigenvalue weighted by Crippen LogP contribution is 2.26. The number of piperidine rings is 1. The van der Waals surface area contributed by atoms with Crippen LogP contribution in [0, 0.1) is 6.92 Å². The number of hydrogen-bond acceptors (Lipinski definition) is 5. The Morgan fingerprint density at radius 3 is 2.71 bits per heavy atom. The second kappa shape index (κ2) is 5.74. The maximum absolute atomic E-state index is 13.3. The summed E-state index contributed by atoms with van der Waals surface area (Å²) in [7, 11) is 4.63. The molecule has 1 aromatic carbocycles. The van der Waals surface area contributed by atoms with Gasteiger partial charge in [-0.05, 0) is 25.5 Å². The number of aromatic nitrogens is 2. The molecule has 0 N–H and O–H groups in total. The average molecular weight is 331 g/mol. The second-order valence-corrected chi connectivity index (χ2v) is 5.83. The fraction of sp³-hybridized carbons (Fsp3) is 0.412. The molecule has 1 aromatic heterocycles. The Bertz CT molecular complexity index is 1030. The van der Waals surface area contributed by atoms with Gasteiger partial charge in [0.05, 0.1) is 18.0 Å². The zero-order valence-corrected chi connectivity index (χ0v) is 14.0. The standard InChI is InChI=1S/C17H20N4O3/c1-10-18-11-6-5-7-12(19(2)3)15(11)17(24)21(10)13-8-9-14(22)20(4)16(13)23/h5-7,13H,8-9H2,1-4H3/i9D2,13D. The number of carbonyl (C=O) groups is 2. The molecular formula is C17H20N4O3. The average Bonchev–Trinajstić information content (AvgIpc) is 2.57. The Hall–Kier alpha value is -2.70. The van der Waals surface area contributed by atoms with Crippen LogP contribution in [-0.2, 0) is 9.59 Å². The molecule has 1 aliphatic rings. The monoisotopic (exact) mass is 331 g/mol. The molecule has 7 nitrogen and oxygen atoms in total. The summed E-state index contributed by atoms with van der Waals surface area (Å²) < 4.78 is 25.5. The number of carbonyl (C=O) groups excluding carboxylic acids is 2. The quantitative estimate of drug-likeness (QED) is 0.770. The van der Waals surface area contributed by atoms with E-state index in [4.69, 9.17) is 4.11 Å². The third-order valence-electron chi connectivity index (χ3n) is 4.06. The van der Waals surface area contributed by atoms with Gasteiger partial charge in [0.2, 0.25) is 5.91 Å². The van der Waals surface area contributed by atoms with Gasteiger partial charge in [-0.25, -0.2) is 4.98 Å². The molecule has 0 saturated carbocycles. The van der Waals surface area contributed by atoms with Crippen molar-refractivity contribution in [3.63, 3.8) is 0 Å². The van der Waals surface area contributed by atoms with Crippen LogP contribution in [0.25, 0.3) is 10.9 Å². The van der Waals surface area contributed by atoms with E-state index in [1.165, 1.54) is 6.92 Å². The lowest BCUT2D eigenvalue weighted by Crippen LogP contribution is -2.46. The molecule has 2 heterocycles. The highest BCUT2D eigenvalue weighted by molar-refractivity contribution is 5.99. The van der Waals surface area contributed by atoms with Gasteiger partial charge in [0, 0.05) is 30.3 Å². The number of benzene rings is 1. The smallest absolute Gasteiger partial charge is 0.264 e. The molecule has 0 spiro atoms. The highest BCUT2D eigenvalue weighted by Gasteiger charge is 2.34. The summed E-state index contributed by atoms with van der Waals surface area (Å²) in [6.45, 7) is 1.48. The molecule has 1 aliphatic heterocycles. The summed E-state index contributed by atoms with van der Waals surface area (Å²) in [5.41, 5.74) is 0.362. The summed E-state index contributed by atoms with van der Waals surface area (Å²) in [5.74, 6) is -1.88. The van der Waals surface area contributed by atoms with Crippen LogP contribution in [0.5, 0.6) is 0 Å². The van der Waals surface area contributed by atoms with Crippen LogP contribution in [0.4, 0.5) is 5.69 Å². The van der Waals surface area contributed by atoms with Crippen molar-refractivity contribution in [2.75, 3.05) is 26.0 Å². The first-order chi connectivity index (χ1) is 12.4. The van der Waals surface area contributed by atoms with Crippen molar-refractivity contribution in [1.82, 2.24) is 14.5 Å². The summed E-state index contributed by atoms with van der Waals surface area (Å²) >= 11 is 0. The van der Waals surface area contributed by atoms with Crippen molar-refractivity contribution < 1.29 is 13.7 Å². The lowest BCUT2D eigenvalue weighted by molar-refractivity contribution is -0.149. The number of rotatable bonds is 2. The van der Waals surface area contributed by atoms with E-state index in [1.807, 2.05) is 0 Å². The third kappa shape index (κ3) is 2.36. The van der Waals surface area contributed by atoms with Crippen LogP contribution in [0.2, 0.25) is 0 Å². The van der Waals surface area contributed by atoms with Gasteiger partial charge in [0.25, 0.3) is 11.5 Å². The van der Waals surface area contributed by atoms with Gasteiger partial charge in [-0.3, -0.25) is 23.9 Å². The molecule has 1 fully saturated rings. The maximum Gasteiger partial charge on any atom is 0.264 e. The van der Waals surface area contributed by atoms with Crippen molar-refractivity contribution in [3.8, 4) is 0 Å². The molecule has 2 amide bonds. The number of imide groups is 1. The number of likely N-dealkylation sites (N-methyl/N-ethyl adjacent to an activating group) is 1. The van der Waals surface area contributed by atoms with Crippen LogP contribution in [0.15, 0.2) is 23.0 Å². The van der Waals surface area contributed by atoms with Gasteiger partial charge in [-0.2, -0.15) is 0 Å². The minimum Gasteiger partial charge on any atom is -0.377 e. The molecule has 0 aliphatic carbocycles. The zero-order valence-electron chi connectivity index (χ0n) is 17.0. The maximum atomic E-state index is 13.3. The third-order valence-corrected chi connectivity index (χ3v) is 4.06. The van der Waals surface area contributed by atoms with Crippen LogP contribution in [0.1, 0.15) is 28.7 Å². The first-order valence-electron chi connectivity index (χ1n) is 8.94. The van der Waals surface area contributed by atoms with Crippen LogP contribution in [0.3, 0.4) is 0 Å². The molecule has 3 rings (SSSR count). The zero-order chi connectivity index (χ0) is 20.3. The largest absolute Gasteiger partial charge is 0.377 e. The van der Waals surface area contributed by atoms with E-state index in [0.717, 1.165) is 11.6 Å². The fourth-order valence-electron chi connectivity index (χ4n) is 2.83. The molecule has 1 unspecified atom stereocenters. The van der Waals surface area contributed by atoms with Crippen molar-refractivity contribution in [2.24, 2.45) is 0 Å². The molecule has 0 bridgehead atoms. The van der Waals surface area contributed by atoms with E-state index in [2.05, 4.69) is 4.98 Å². The number of aryl methyl sites for hydroxylation is 1. The summed E-state index contributed by atoms with van der Waals surface area (Å²) in [5, 5.41) is 0.229. The molecule has 2 aromatic rings. The van der Waals surface area contributed by atoms with E-state index >= 15 is 0 Å². The van der Waals surface area contributed by atoms with Gasteiger partial charge in [0.1, 0.15) is 11.8 Å². The van der Waals surface area contributed by atoms with E-state index in [1.54, 1.807) is 37.2 Å². The number of fused-ring (bicyclic) bond motifs is 1. The molecule has 126 valence electrons. The fourth-order valence-corrected chi connectivity index (χ4v) is 2.83. The van der Waals surface area contributed by atoms with E-state index in [0.29, 0.717) is 16.1 Å². The number of nitrogens with zero attached hydrogens (tertiary/aromatic N) is 4. The van der Waals surface area contributed by atoms with Crippen LogP contribution in [-0.4, -0.2) is 47.4 Å². The van der Waals surface area contributed by atoms with Gasteiger partial charge in [0.15, 0.2) is 0 Å². The van der Waals surface area contributed by atoms with Crippen molar-refractivity contribution >= 4 is 28.4 Å². The molecule has 24 heavy (non-hydrogen) atoms. The normalized spacial score (nSPS) is 25.3. The number of amides is 2. The Morgan fingerprint density at radius 2 is 2.04 bits per heavy atom. The van der Waals surface area contributed by atoms with Crippen molar-refractivity contribution in [2.45, 2.75) is 25.7 Å². The van der Waals surface area contributed by atoms with Gasteiger partial charge >= 0.3 is 0 Å².